The molecule has 118 valence electrons. The zero-order valence-corrected chi connectivity index (χ0v) is 12.4. The van der Waals surface area contributed by atoms with Crippen LogP contribution in [0.25, 0.3) is 0 Å². The Morgan fingerprint density at radius 1 is 1.43 bits per heavy atom. The number of carboxylic acid groups (broad SMARTS) is 1. The van der Waals surface area contributed by atoms with Gasteiger partial charge in [0.2, 0.25) is 5.91 Å². The van der Waals surface area contributed by atoms with E-state index in [4.69, 9.17) is 5.11 Å². The molecular formula is C13H21N3O5. The molecule has 1 heterocycles. The van der Waals surface area contributed by atoms with Crippen molar-refractivity contribution >= 4 is 23.8 Å². The number of hydrogen-bond donors (Lipinski definition) is 3. The average Bonchev–Trinajstić information content (AvgIpc) is 2.38. The minimum absolute atomic E-state index is 0.0116. The van der Waals surface area contributed by atoms with Crippen LogP contribution in [-0.2, 0) is 14.4 Å². The maximum Gasteiger partial charge on any atom is 0.318 e. The minimum atomic E-state index is -1.11. The van der Waals surface area contributed by atoms with Gasteiger partial charge in [-0.2, -0.15) is 0 Å². The summed E-state index contributed by atoms with van der Waals surface area (Å²) in [6.07, 6.45) is 0.478. The van der Waals surface area contributed by atoms with Crippen molar-refractivity contribution < 1.29 is 24.3 Å². The van der Waals surface area contributed by atoms with Crippen LogP contribution in [0.5, 0.6) is 0 Å². The summed E-state index contributed by atoms with van der Waals surface area (Å²) in [5.74, 6) is -1.93. The number of urea groups is 1. The number of nitrogens with one attached hydrogen (secondary N) is 2. The molecule has 21 heavy (non-hydrogen) atoms. The van der Waals surface area contributed by atoms with Gasteiger partial charge >= 0.3 is 12.0 Å². The zero-order chi connectivity index (χ0) is 16.2. The van der Waals surface area contributed by atoms with Crippen molar-refractivity contribution in [2.24, 2.45) is 5.92 Å². The first-order valence-electron chi connectivity index (χ1n) is 6.76. The van der Waals surface area contributed by atoms with Crippen LogP contribution in [0.1, 0.15) is 33.6 Å². The van der Waals surface area contributed by atoms with Crippen molar-refractivity contribution in [3.8, 4) is 0 Å². The normalized spacial score (nSPS) is 18.9. The van der Waals surface area contributed by atoms with Gasteiger partial charge in [0.1, 0.15) is 12.1 Å². The highest BCUT2D eigenvalue weighted by molar-refractivity contribution is 6.05. The van der Waals surface area contributed by atoms with Crippen LogP contribution in [0, 0.1) is 5.92 Å². The predicted octanol–water partition coefficient (Wildman–Crippen LogP) is -0.0661. The molecule has 1 aliphatic rings. The van der Waals surface area contributed by atoms with Gasteiger partial charge in [-0.15, -0.1) is 0 Å². The third-order valence-electron chi connectivity index (χ3n) is 3.48. The first-order valence-corrected chi connectivity index (χ1v) is 6.76. The van der Waals surface area contributed by atoms with Crippen LogP contribution in [0.15, 0.2) is 0 Å². The summed E-state index contributed by atoms with van der Waals surface area (Å²) in [5, 5.41) is 13.4. The quantitative estimate of drug-likeness (QED) is 0.615. The van der Waals surface area contributed by atoms with Gasteiger partial charge < -0.3 is 15.3 Å². The van der Waals surface area contributed by atoms with Crippen molar-refractivity contribution in [1.82, 2.24) is 15.5 Å². The van der Waals surface area contributed by atoms with Gasteiger partial charge in [0, 0.05) is 13.0 Å². The summed E-state index contributed by atoms with van der Waals surface area (Å²) in [5.41, 5.74) is -1.11. The molecule has 0 aromatic rings. The number of imide groups is 1. The maximum atomic E-state index is 12.1. The number of piperazine rings is 1. The van der Waals surface area contributed by atoms with E-state index in [9.17, 15) is 19.2 Å². The maximum absolute atomic E-state index is 12.1. The van der Waals surface area contributed by atoms with E-state index in [1.165, 1.54) is 4.90 Å². The molecule has 0 aliphatic carbocycles. The van der Waals surface area contributed by atoms with E-state index in [0.717, 1.165) is 0 Å². The predicted molar refractivity (Wildman–Crippen MR) is 73.4 cm³/mol. The second-order valence-electron chi connectivity index (χ2n) is 5.75. The fraction of sp³-hybridized carbons (Fsp3) is 0.692. The second-order valence-corrected chi connectivity index (χ2v) is 5.75. The average molecular weight is 299 g/mol. The van der Waals surface area contributed by atoms with Crippen molar-refractivity contribution in [1.29, 1.82) is 0 Å². The lowest BCUT2D eigenvalue weighted by Crippen LogP contribution is -2.67. The van der Waals surface area contributed by atoms with Gasteiger partial charge in [0.25, 0.3) is 5.91 Å². The van der Waals surface area contributed by atoms with Gasteiger partial charge in [0.05, 0.1) is 0 Å². The molecule has 3 N–H and O–H groups in total. The van der Waals surface area contributed by atoms with Gasteiger partial charge in [-0.3, -0.25) is 19.7 Å². The number of nitrogens with zero attached hydrogens (tertiary/aromatic N) is 1. The Hall–Kier alpha value is -2.12. The summed E-state index contributed by atoms with van der Waals surface area (Å²) < 4.78 is 0. The number of carboxylic acids is 1. The van der Waals surface area contributed by atoms with E-state index >= 15 is 0 Å². The molecule has 4 amide bonds. The van der Waals surface area contributed by atoms with Crippen molar-refractivity contribution in [3.63, 3.8) is 0 Å². The molecule has 0 saturated carbocycles. The Balaban J connectivity index is 2.56. The Labute approximate surface area is 122 Å². The molecule has 8 heteroatoms. The lowest BCUT2D eigenvalue weighted by atomic mass is 9.99. The topological polar surface area (TPSA) is 116 Å². The summed E-state index contributed by atoms with van der Waals surface area (Å²) in [6.45, 7) is 5.04. The molecule has 1 aliphatic heterocycles. The molecule has 0 radical (unpaired) electrons. The van der Waals surface area contributed by atoms with Crippen LogP contribution >= 0.6 is 0 Å². The first-order chi connectivity index (χ1) is 9.64. The SMILES string of the molecule is CC(CCC(=O)O)CNC(=O)N1CC(=O)NC(=O)C1(C)C. The molecule has 0 aromatic carbocycles. The van der Waals surface area contributed by atoms with Gasteiger partial charge in [-0.25, -0.2) is 4.79 Å². The molecular weight excluding hydrogens is 278 g/mol. The molecule has 1 atom stereocenters. The molecule has 1 fully saturated rings. The Kier molecular flexibility index (Phi) is 5.28. The number of aliphatic carboxylic acids is 1. The molecule has 1 rings (SSSR count). The van der Waals surface area contributed by atoms with Gasteiger partial charge in [0.15, 0.2) is 0 Å². The van der Waals surface area contributed by atoms with E-state index in [0.29, 0.717) is 6.42 Å². The summed E-state index contributed by atoms with van der Waals surface area (Å²) in [7, 11) is 0. The number of carbonyl (C=O) groups is 4. The highest BCUT2D eigenvalue weighted by atomic mass is 16.4. The number of carbonyl (C=O) groups excluding carboxylic acids is 3. The fourth-order valence-electron chi connectivity index (χ4n) is 1.94. The molecule has 0 bridgehead atoms. The third kappa shape index (κ3) is 4.44. The first kappa shape index (κ1) is 16.9. The van der Waals surface area contributed by atoms with E-state index in [-0.39, 0.29) is 25.4 Å². The molecule has 0 aromatic heterocycles. The van der Waals surface area contributed by atoms with Crippen LogP contribution in [0.4, 0.5) is 4.79 Å². The van der Waals surface area contributed by atoms with E-state index in [1.54, 1.807) is 13.8 Å². The Morgan fingerprint density at radius 2 is 2.05 bits per heavy atom. The van der Waals surface area contributed by atoms with E-state index in [1.807, 2.05) is 6.92 Å². The number of amides is 4. The highest BCUT2D eigenvalue weighted by Crippen LogP contribution is 2.18. The lowest BCUT2D eigenvalue weighted by molar-refractivity contribution is -0.143. The second kappa shape index (κ2) is 6.55. The zero-order valence-electron chi connectivity index (χ0n) is 12.4. The molecule has 1 saturated heterocycles. The van der Waals surface area contributed by atoms with Crippen LogP contribution in [0.3, 0.4) is 0 Å². The van der Waals surface area contributed by atoms with Crippen molar-refractivity contribution in [3.05, 3.63) is 0 Å². The van der Waals surface area contributed by atoms with E-state index < -0.39 is 29.4 Å². The molecule has 0 spiro atoms. The molecule has 8 nitrogen and oxygen atoms in total. The third-order valence-corrected chi connectivity index (χ3v) is 3.48. The lowest BCUT2D eigenvalue weighted by Gasteiger charge is -2.40. The summed E-state index contributed by atoms with van der Waals surface area (Å²) in [6, 6.07) is -0.509. The molecule has 1 unspecified atom stereocenters. The smallest absolute Gasteiger partial charge is 0.318 e. The van der Waals surface area contributed by atoms with Crippen LogP contribution in [0.2, 0.25) is 0 Å². The van der Waals surface area contributed by atoms with Crippen molar-refractivity contribution in [2.75, 3.05) is 13.1 Å². The van der Waals surface area contributed by atoms with Crippen LogP contribution in [-0.4, -0.2) is 52.4 Å². The van der Waals surface area contributed by atoms with Crippen LogP contribution < -0.4 is 10.6 Å². The monoisotopic (exact) mass is 299 g/mol. The minimum Gasteiger partial charge on any atom is -0.481 e. The van der Waals surface area contributed by atoms with Gasteiger partial charge in [-0.05, 0) is 26.2 Å². The highest BCUT2D eigenvalue weighted by Gasteiger charge is 2.43. The number of rotatable bonds is 5. The standard InChI is InChI=1S/C13H21N3O5/c1-8(4-5-10(18)19)6-14-12(21)16-7-9(17)15-11(20)13(16,2)3/h8H,4-7H2,1-3H3,(H,14,21)(H,18,19)(H,15,17,20). The van der Waals surface area contributed by atoms with E-state index in [2.05, 4.69) is 10.6 Å². The largest absolute Gasteiger partial charge is 0.481 e. The van der Waals surface area contributed by atoms with Crippen molar-refractivity contribution in [2.45, 2.75) is 39.2 Å². The fourth-order valence-corrected chi connectivity index (χ4v) is 1.94. The Morgan fingerprint density at radius 3 is 2.62 bits per heavy atom. The van der Waals surface area contributed by atoms with Gasteiger partial charge in [-0.1, -0.05) is 6.92 Å². The summed E-state index contributed by atoms with van der Waals surface area (Å²) in [4.78, 5) is 46.9. The number of hydrogen-bond acceptors (Lipinski definition) is 4. The summed E-state index contributed by atoms with van der Waals surface area (Å²) >= 11 is 0. The Bertz CT molecular complexity index is 461.